The van der Waals surface area contributed by atoms with E-state index in [-0.39, 0.29) is 23.4 Å². The minimum atomic E-state index is -3.78. The number of rotatable bonds is 6. The summed E-state index contributed by atoms with van der Waals surface area (Å²) in [6, 6.07) is -1.07. The summed E-state index contributed by atoms with van der Waals surface area (Å²) >= 11 is 0. The molecule has 8 nitrogen and oxygen atoms in total. The number of hydrogen-bond donors (Lipinski definition) is 1. The summed E-state index contributed by atoms with van der Waals surface area (Å²) < 4.78 is 28.5. The molecule has 130 valence electrons. The number of nitrogens with zero attached hydrogens (tertiary/aromatic N) is 4. The van der Waals surface area contributed by atoms with Crippen molar-refractivity contribution < 1.29 is 13.2 Å². The lowest BCUT2D eigenvalue weighted by molar-refractivity contribution is -0.134. The van der Waals surface area contributed by atoms with Crippen molar-refractivity contribution in [2.75, 3.05) is 19.6 Å². The molecule has 2 rings (SSSR count). The van der Waals surface area contributed by atoms with Gasteiger partial charge in [-0.15, -0.1) is 0 Å². The SMILES string of the molecule is CCN(CC)C(=O)[C@@H]1C[C@@H](N)CN1S(=O)(=O)c1cnn(CC)c1. The van der Waals surface area contributed by atoms with Crippen LogP contribution in [0.15, 0.2) is 17.3 Å². The van der Waals surface area contributed by atoms with Gasteiger partial charge in [-0.3, -0.25) is 9.48 Å². The summed E-state index contributed by atoms with van der Waals surface area (Å²) in [6.45, 7) is 7.45. The first-order chi connectivity index (χ1) is 10.8. The van der Waals surface area contributed by atoms with Gasteiger partial charge in [-0.05, 0) is 27.2 Å². The van der Waals surface area contributed by atoms with Gasteiger partial charge in [0, 0.05) is 38.4 Å². The van der Waals surface area contributed by atoms with E-state index in [4.69, 9.17) is 5.73 Å². The normalized spacial score (nSPS) is 22.4. The molecule has 1 aromatic rings. The fraction of sp³-hybridized carbons (Fsp3) is 0.714. The van der Waals surface area contributed by atoms with Gasteiger partial charge in [0.2, 0.25) is 15.9 Å². The number of aromatic nitrogens is 2. The first-order valence-electron chi connectivity index (χ1n) is 7.93. The van der Waals surface area contributed by atoms with Crippen molar-refractivity contribution in [2.24, 2.45) is 5.73 Å². The molecular formula is C14H25N5O3S. The van der Waals surface area contributed by atoms with Crippen LogP contribution in [0, 0.1) is 0 Å². The maximum atomic E-state index is 12.9. The number of hydrogen-bond acceptors (Lipinski definition) is 5. The molecule has 1 saturated heterocycles. The molecule has 1 aliphatic heterocycles. The molecule has 0 bridgehead atoms. The van der Waals surface area contributed by atoms with Gasteiger partial charge in [0.25, 0.3) is 0 Å². The van der Waals surface area contributed by atoms with Crippen LogP contribution in [0.2, 0.25) is 0 Å². The highest BCUT2D eigenvalue weighted by Crippen LogP contribution is 2.26. The molecule has 1 amide bonds. The van der Waals surface area contributed by atoms with Crippen molar-refractivity contribution in [1.29, 1.82) is 0 Å². The van der Waals surface area contributed by atoms with Crippen LogP contribution in [-0.4, -0.2) is 65.0 Å². The van der Waals surface area contributed by atoms with Crippen molar-refractivity contribution >= 4 is 15.9 Å². The van der Waals surface area contributed by atoms with Crippen LogP contribution < -0.4 is 5.73 Å². The van der Waals surface area contributed by atoms with Crippen LogP contribution >= 0.6 is 0 Å². The highest BCUT2D eigenvalue weighted by atomic mass is 32.2. The van der Waals surface area contributed by atoms with Crippen LogP contribution in [0.3, 0.4) is 0 Å². The predicted octanol–water partition coefficient (Wildman–Crippen LogP) is -0.138. The van der Waals surface area contributed by atoms with Gasteiger partial charge < -0.3 is 10.6 Å². The minimum absolute atomic E-state index is 0.103. The lowest BCUT2D eigenvalue weighted by Gasteiger charge is -2.27. The monoisotopic (exact) mass is 343 g/mol. The smallest absolute Gasteiger partial charge is 0.246 e. The summed E-state index contributed by atoms with van der Waals surface area (Å²) in [6.07, 6.45) is 3.15. The van der Waals surface area contributed by atoms with Gasteiger partial charge in [0.05, 0.1) is 6.20 Å². The van der Waals surface area contributed by atoms with E-state index in [1.54, 1.807) is 9.58 Å². The lowest BCUT2D eigenvalue weighted by atomic mass is 10.1. The Morgan fingerprint density at radius 2 is 2.04 bits per heavy atom. The van der Waals surface area contributed by atoms with E-state index in [2.05, 4.69) is 5.10 Å². The van der Waals surface area contributed by atoms with Crippen molar-refractivity contribution in [1.82, 2.24) is 19.0 Å². The van der Waals surface area contributed by atoms with Crippen molar-refractivity contribution in [3.63, 3.8) is 0 Å². The Balaban J connectivity index is 2.33. The molecule has 2 N–H and O–H groups in total. The molecular weight excluding hydrogens is 318 g/mol. The topological polar surface area (TPSA) is 102 Å². The number of amides is 1. The van der Waals surface area contributed by atoms with Gasteiger partial charge in [-0.1, -0.05) is 0 Å². The molecule has 0 spiro atoms. The van der Waals surface area contributed by atoms with E-state index in [1.165, 1.54) is 16.7 Å². The standard InChI is InChI=1S/C14H25N5O3S/c1-4-17(5-2)14(20)13-7-11(15)9-19(13)23(21,22)12-8-16-18(6-3)10-12/h8,10-11,13H,4-7,9,15H2,1-3H3/t11-,13+/m1/s1. The lowest BCUT2D eigenvalue weighted by Crippen LogP contribution is -2.47. The Hall–Kier alpha value is -1.45. The van der Waals surface area contributed by atoms with Crippen molar-refractivity contribution in [2.45, 2.75) is 50.7 Å². The zero-order chi connectivity index (χ0) is 17.2. The highest BCUT2D eigenvalue weighted by Gasteiger charge is 2.44. The Bertz CT molecular complexity index is 653. The number of likely N-dealkylation sites (N-methyl/N-ethyl adjacent to an activating group) is 1. The second-order valence-corrected chi connectivity index (χ2v) is 7.52. The second kappa shape index (κ2) is 6.98. The Kier molecular flexibility index (Phi) is 5.43. The van der Waals surface area contributed by atoms with E-state index >= 15 is 0 Å². The van der Waals surface area contributed by atoms with Gasteiger partial charge in [0.1, 0.15) is 10.9 Å². The predicted molar refractivity (Wildman–Crippen MR) is 86.1 cm³/mol. The van der Waals surface area contributed by atoms with Crippen LogP contribution in [-0.2, 0) is 21.4 Å². The third-order valence-corrected chi connectivity index (χ3v) is 6.02. The van der Waals surface area contributed by atoms with Crippen LogP contribution in [0.4, 0.5) is 0 Å². The Morgan fingerprint density at radius 1 is 1.39 bits per heavy atom. The van der Waals surface area contributed by atoms with E-state index < -0.39 is 16.1 Å². The summed E-state index contributed by atoms with van der Waals surface area (Å²) in [5, 5.41) is 4.01. The maximum absolute atomic E-state index is 12.9. The van der Waals surface area contributed by atoms with Crippen LogP contribution in [0.25, 0.3) is 0 Å². The zero-order valence-electron chi connectivity index (χ0n) is 13.8. The molecule has 1 fully saturated rings. The average Bonchev–Trinajstić information content (AvgIpc) is 3.15. The van der Waals surface area contributed by atoms with Crippen LogP contribution in [0.5, 0.6) is 0 Å². The average molecular weight is 343 g/mol. The van der Waals surface area contributed by atoms with Crippen LogP contribution in [0.1, 0.15) is 27.2 Å². The van der Waals surface area contributed by atoms with Gasteiger partial charge in [-0.25, -0.2) is 8.42 Å². The first kappa shape index (κ1) is 17.9. The second-order valence-electron chi connectivity index (χ2n) is 5.63. The minimum Gasteiger partial charge on any atom is -0.342 e. The fourth-order valence-electron chi connectivity index (χ4n) is 2.86. The third-order valence-electron chi connectivity index (χ3n) is 4.19. The number of nitrogens with two attached hydrogens (primary N) is 1. The number of aryl methyl sites for hydroxylation is 1. The van der Waals surface area contributed by atoms with Crippen molar-refractivity contribution in [3.05, 3.63) is 12.4 Å². The summed E-state index contributed by atoms with van der Waals surface area (Å²) in [5.74, 6) is -0.186. The fourth-order valence-corrected chi connectivity index (χ4v) is 4.46. The highest BCUT2D eigenvalue weighted by molar-refractivity contribution is 7.89. The number of sulfonamides is 1. The van der Waals surface area contributed by atoms with Gasteiger partial charge in [0.15, 0.2) is 0 Å². The first-order valence-corrected chi connectivity index (χ1v) is 9.37. The molecule has 1 aliphatic rings. The third kappa shape index (κ3) is 3.41. The Morgan fingerprint density at radius 3 is 2.57 bits per heavy atom. The number of carbonyl (C=O) groups excluding carboxylic acids is 1. The molecule has 0 aliphatic carbocycles. The van der Waals surface area contributed by atoms with Gasteiger partial charge in [-0.2, -0.15) is 9.40 Å². The van der Waals surface area contributed by atoms with Crippen molar-refractivity contribution in [3.8, 4) is 0 Å². The van der Waals surface area contributed by atoms with E-state index in [0.717, 1.165) is 0 Å². The molecule has 9 heteroatoms. The molecule has 0 unspecified atom stereocenters. The summed E-state index contributed by atoms with van der Waals surface area (Å²) in [4.78, 5) is 14.4. The molecule has 1 aromatic heterocycles. The summed E-state index contributed by atoms with van der Waals surface area (Å²) in [5.41, 5.74) is 5.94. The molecule has 0 aromatic carbocycles. The van der Waals surface area contributed by atoms with Gasteiger partial charge >= 0.3 is 0 Å². The molecule has 2 heterocycles. The Labute approximate surface area is 137 Å². The summed E-state index contributed by atoms with van der Waals surface area (Å²) in [7, 11) is -3.78. The van der Waals surface area contributed by atoms with E-state index in [1.807, 2.05) is 20.8 Å². The van der Waals surface area contributed by atoms with E-state index in [0.29, 0.717) is 26.1 Å². The molecule has 23 heavy (non-hydrogen) atoms. The maximum Gasteiger partial charge on any atom is 0.246 e. The molecule has 0 saturated carbocycles. The largest absolute Gasteiger partial charge is 0.342 e. The molecule has 0 radical (unpaired) electrons. The number of carbonyl (C=O) groups is 1. The zero-order valence-corrected chi connectivity index (χ0v) is 14.7. The molecule has 2 atom stereocenters. The quantitative estimate of drug-likeness (QED) is 0.775. The van der Waals surface area contributed by atoms with E-state index in [9.17, 15) is 13.2 Å².